The van der Waals surface area contributed by atoms with Gasteiger partial charge in [0.1, 0.15) is 11.9 Å². The fraction of sp³-hybridized carbons (Fsp3) is 0.400. The highest BCUT2D eigenvalue weighted by Crippen LogP contribution is 2.23. The van der Waals surface area contributed by atoms with E-state index in [1.165, 1.54) is 11.6 Å². The van der Waals surface area contributed by atoms with Crippen molar-refractivity contribution in [2.24, 2.45) is 14.1 Å². The van der Waals surface area contributed by atoms with Crippen LogP contribution in [0.1, 0.15) is 16.5 Å². The van der Waals surface area contributed by atoms with Gasteiger partial charge in [0.2, 0.25) is 0 Å². The Morgan fingerprint density at radius 3 is 2.57 bits per heavy atom. The molecule has 2 heterocycles. The average Bonchev–Trinajstić information content (AvgIpc) is 3.04. The smallest absolute Gasteiger partial charge is 0.332 e. The summed E-state index contributed by atoms with van der Waals surface area (Å²) in [6, 6.07) is 5.97. The summed E-state index contributed by atoms with van der Waals surface area (Å²) < 4.78 is 2.23. The fourth-order valence-electron chi connectivity index (χ4n) is 2.36. The van der Waals surface area contributed by atoms with Crippen molar-refractivity contribution in [3.8, 4) is 6.07 Å². The lowest BCUT2D eigenvalue weighted by Crippen LogP contribution is -2.40. The predicted molar refractivity (Wildman–Crippen MR) is 90.9 cm³/mol. The van der Waals surface area contributed by atoms with E-state index in [1.54, 1.807) is 18.4 Å². The van der Waals surface area contributed by atoms with Gasteiger partial charge in [0.25, 0.3) is 5.56 Å². The molecule has 0 bridgehead atoms. The molecule has 8 heteroatoms. The van der Waals surface area contributed by atoms with Gasteiger partial charge in [0.05, 0.1) is 6.04 Å². The first-order chi connectivity index (χ1) is 10.9. The van der Waals surface area contributed by atoms with Gasteiger partial charge in [-0.2, -0.15) is 5.26 Å². The minimum atomic E-state index is -0.587. The van der Waals surface area contributed by atoms with Gasteiger partial charge < -0.3 is 10.2 Å². The van der Waals surface area contributed by atoms with E-state index in [2.05, 4.69) is 5.32 Å². The van der Waals surface area contributed by atoms with Gasteiger partial charge in [-0.25, -0.2) is 4.79 Å². The highest BCUT2D eigenvalue weighted by Gasteiger charge is 2.19. The van der Waals surface area contributed by atoms with E-state index < -0.39 is 11.2 Å². The quantitative estimate of drug-likeness (QED) is 0.872. The Balaban J connectivity index is 2.39. The lowest BCUT2D eigenvalue weighted by molar-refractivity contribution is 0.315. The molecule has 0 aromatic carbocycles. The van der Waals surface area contributed by atoms with Crippen molar-refractivity contribution in [2.45, 2.75) is 6.04 Å². The van der Waals surface area contributed by atoms with Crippen LogP contribution >= 0.6 is 11.3 Å². The maximum absolute atomic E-state index is 12.1. The van der Waals surface area contributed by atoms with Crippen LogP contribution in [0.4, 0.5) is 5.82 Å². The van der Waals surface area contributed by atoms with Gasteiger partial charge in [0, 0.05) is 25.5 Å². The number of nitrogens with zero attached hydrogens (tertiary/aromatic N) is 4. The minimum absolute atomic E-state index is 0.0571. The number of rotatable bonds is 5. The number of nitrogens with one attached hydrogen (secondary N) is 1. The maximum Gasteiger partial charge on any atom is 0.332 e. The molecule has 0 aliphatic heterocycles. The van der Waals surface area contributed by atoms with Crippen molar-refractivity contribution >= 4 is 17.2 Å². The number of nitriles is 1. The molecule has 2 rings (SSSR count). The van der Waals surface area contributed by atoms with E-state index in [9.17, 15) is 14.9 Å². The normalized spacial score (nSPS) is 12.2. The lowest BCUT2D eigenvalue weighted by Gasteiger charge is -2.25. The molecule has 23 heavy (non-hydrogen) atoms. The van der Waals surface area contributed by atoms with E-state index in [1.807, 2.05) is 42.6 Å². The third kappa shape index (κ3) is 3.21. The topological polar surface area (TPSA) is 83.1 Å². The van der Waals surface area contributed by atoms with Gasteiger partial charge in [-0.15, -0.1) is 11.3 Å². The van der Waals surface area contributed by atoms with E-state index >= 15 is 0 Å². The first-order valence-electron chi connectivity index (χ1n) is 7.02. The highest BCUT2D eigenvalue weighted by molar-refractivity contribution is 7.10. The summed E-state index contributed by atoms with van der Waals surface area (Å²) in [6.07, 6.45) is 0. The van der Waals surface area contributed by atoms with Crippen LogP contribution in [0.25, 0.3) is 0 Å². The van der Waals surface area contributed by atoms with Gasteiger partial charge in [-0.1, -0.05) is 6.07 Å². The van der Waals surface area contributed by atoms with Gasteiger partial charge >= 0.3 is 5.69 Å². The number of likely N-dealkylation sites (N-methyl/N-ethyl adjacent to an activating group) is 1. The van der Waals surface area contributed by atoms with Gasteiger partial charge in [-0.05, 0) is 25.5 Å². The van der Waals surface area contributed by atoms with Crippen LogP contribution in [0.2, 0.25) is 0 Å². The number of hydrogen-bond donors (Lipinski definition) is 1. The largest absolute Gasteiger partial charge is 0.368 e. The number of hydrogen-bond acceptors (Lipinski definition) is 6. The molecular weight excluding hydrogens is 314 g/mol. The van der Waals surface area contributed by atoms with Gasteiger partial charge in [0.15, 0.2) is 5.56 Å². The van der Waals surface area contributed by atoms with Crippen molar-refractivity contribution in [2.75, 3.05) is 26.0 Å². The Labute approximate surface area is 138 Å². The molecule has 7 nitrogen and oxygen atoms in total. The zero-order valence-corrected chi connectivity index (χ0v) is 14.3. The second-order valence-electron chi connectivity index (χ2n) is 5.42. The fourth-order valence-corrected chi connectivity index (χ4v) is 3.29. The summed E-state index contributed by atoms with van der Waals surface area (Å²) in [6.45, 7) is 0.475. The van der Waals surface area contributed by atoms with Crippen molar-refractivity contribution in [1.29, 1.82) is 5.26 Å². The van der Waals surface area contributed by atoms with E-state index in [4.69, 9.17) is 0 Å². The summed E-state index contributed by atoms with van der Waals surface area (Å²) in [4.78, 5) is 27.3. The average molecular weight is 333 g/mol. The first-order valence-corrected chi connectivity index (χ1v) is 7.90. The molecule has 122 valence electrons. The number of thiophene rings is 1. The standard InChI is InChI=1S/C15H19N5O2S/c1-18(2)11(12-6-5-7-23-12)9-17-13-10(8-16)14(21)20(4)15(22)19(13)3/h5-7,11,17H,9H2,1-4H3/t11-/m1/s1. The van der Waals surface area contributed by atoms with E-state index in [0.29, 0.717) is 6.54 Å². The third-order valence-corrected chi connectivity index (χ3v) is 4.71. The minimum Gasteiger partial charge on any atom is -0.368 e. The molecule has 0 aliphatic rings. The van der Waals surface area contributed by atoms with E-state index in [-0.39, 0.29) is 17.4 Å². The Hall–Kier alpha value is -2.37. The maximum atomic E-state index is 12.1. The van der Waals surface area contributed by atoms with Crippen LogP contribution in [0.15, 0.2) is 27.1 Å². The van der Waals surface area contributed by atoms with Crippen LogP contribution in [0.3, 0.4) is 0 Å². The molecule has 0 fully saturated rings. The molecule has 0 amide bonds. The van der Waals surface area contributed by atoms with Crippen LogP contribution in [0.5, 0.6) is 0 Å². The summed E-state index contributed by atoms with van der Waals surface area (Å²) in [5.74, 6) is 0.254. The Morgan fingerprint density at radius 1 is 1.35 bits per heavy atom. The van der Waals surface area contributed by atoms with Crippen molar-refractivity contribution in [3.63, 3.8) is 0 Å². The third-order valence-electron chi connectivity index (χ3n) is 3.73. The highest BCUT2D eigenvalue weighted by atomic mass is 32.1. The van der Waals surface area contributed by atoms with Crippen molar-refractivity contribution in [1.82, 2.24) is 14.0 Å². The second-order valence-corrected chi connectivity index (χ2v) is 6.40. The lowest BCUT2D eigenvalue weighted by atomic mass is 10.2. The Morgan fingerprint density at radius 2 is 2.04 bits per heavy atom. The molecule has 0 saturated carbocycles. The number of aromatic nitrogens is 2. The summed E-state index contributed by atoms with van der Waals surface area (Å²) in [7, 11) is 6.82. The zero-order chi connectivity index (χ0) is 17.1. The number of anilines is 1. The van der Waals surface area contributed by atoms with Crippen molar-refractivity contribution in [3.05, 3.63) is 48.8 Å². The van der Waals surface area contributed by atoms with Crippen LogP contribution in [-0.4, -0.2) is 34.7 Å². The monoisotopic (exact) mass is 333 g/mol. The second kappa shape index (κ2) is 6.81. The molecule has 0 spiro atoms. The molecule has 0 saturated heterocycles. The summed E-state index contributed by atoms with van der Waals surface area (Å²) in [5, 5.41) is 14.4. The van der Waals surface area contributed by atoms with E-state index in [0.717, 1.165) is 9.44 Å². The van der Waals surface area contributed by atoms with Crippen LogP contribution in [-0.2, 0) is 14.1 Å². The SMILES string of the molecule is CN(C)[C@H](CNc1c(C#N)c(=O)n(C)c(=O)n1C)c1cccs1. The molecule has 1 atom stereocenters. The molecular formula is C15H19N5O2S. The molecule has 2 aromatic rings. The Kier molecular flexibility index (Phi) is 5.03. The van der Waals surface area contributed by atoms with Crippen molar-refractivity contribution < 1.29 is 0 Å². The summed E-state index contributed by atoms with van der Waals surface area (Å²) in [5.41, 5.74) is -1.11. The summed E-state index contributed by atoms with van der Waals surface area (Å²) >= 11 is 1.64. The molecule has 0 aliphatic carbocycles. The Bertz CT molecular complexity index is 842. The van der Waals surface area contributed by atoms with Gasteiger partial charge in [-0.3, -0.25) is 13.9 Å². The zero-order valence-electron chi connectivity index (χ0n) is 13.5. The van der Waals surface area contributed by atoms with Crippen LogP contribution < -0.4 is 16.6 Å². The molecule has 0 radical (unpaired) electrons. The molecule has 2 aromatic heterocycles. The van der Waals surface area contributed by atoms with Crippen LogP contribution in [0, 0.1) is 11.3 Å². The predicted octanol–water partition coefficient (Wildman–Crippen LogP) is 0.732. The molecule has 0 unspecified atom stereocenters. The molecule has 1 N–H and O–H groups in total. The first kappa shape index (κ1) is 17.0.